The van der Waals surface area contributed by atoms with Gasteiger partial charge in [0.2, 0.25) is 0 Å². The van der Waals surface area contributed by atoms with Gasteiger partial charge in [0, 0.05) is 37.9 Å². The molecule has 21 heavy (non-hydrogen) atoms. The average Bonchev–Trinajstić information content (AvgIpc) is 2.98. The van der Waals surface area contributed by atoms with Crippen molar-refractivity contribution in [3.05, 3.63) is 42.1 Å². The highest BCUT2D eigenvalue weighted by Gasteiger charge is 2.39. The van der Waals surface area contributed by atoms with Gasteiger partial charge < -0.3 is 9.47 Å². The molecule has 0 unspecified atom stereocenters. The summed E-state index contributed by atoms with van der Waals surface area (Å²) in [5.41, 5.74) is 2.21. The molecule has 0 atom stereocenters. The van der Waals surface area contributed by atoms with Crippen LogP contribution >= 0.6 is 0 Å². The second-order valence-corrected chi connectivity index (χ2v) is 5.88. The monoisotopic (exact) mass is 284 g/mol. The van der Waals surface area contributed by atoms with E-state index in [1.807, 2.05) is 6.07 Å². The second-order valence-electron chi connectivity index (χ2n) is 5.88. The first-order chi connectivity index (χ1) is 10.3. The van der Waals surface area contributed by atoms with Crippen molar-refractivity contribution in [2.24, 2.45) is 0 Å². The zero-order chi connectivity index (χ0) is 14.1. The number of nitrogens with zero attached hydrogens (tertiary/aromatic N) is 2. The first kappa shape index (κ1) is 13.2. The van der Waals surface area contributed by atoms with Gasteiger partial charge in [-0.1, -0.05) is 24.3 Å². The van der Waals surface area contributed by atoms with Crippen molar-refractivity contribution in [2.75, 3.05) is 26.3 Å². The van der Waals surface area contributed by atoms with Gasteiger partial charge >= 0.3 is 0 Å². The maximum atomic E-state index is 5.77. The van der Waals surface area contributed by atoms with Crippen LogP contribution in [0, 0.1) is 0 Å². The van der Waals surface area contributed by atoms with E-state index in [2.05, 4.69) is 35.2 Å². The van der Waals surface area contributed by atoms with Crippen LogP contribution in [0.1, 0.15) is 18.5 Å². The van der Waals surface area contributed by atoms with E-state index in [4.69, 9.17) is 14.5 Å². The molecule has 4 rings (SSSR count). The summed E-state index contributed by atoms with van der Waals surface area (Å²) >= 11 is 0. The lowest BCUT2D eigenvalue weighted by atomic mass is 10.0. The minimum atomic E-state index is -0.284. The van der Waals surface area contributed by atoms with E-state index in [1.54, 1.807) is 0 Å². The molecule has 2 saturated heterocycles. The molecule has 0 bridgehead atoms. The Morgan fingerprint density at radius 2 is 1.76 bits per heavy atom. The molecular formula is C17H20N2O2. The van der Waals surface area contributed by atoms with E-state index < -0.39 is 0 Å². The number of aromatic nitrogens is 1. The fourth-order valence-corrected chi connectivity index (χ4v) is 3.26. The van der Waals surface area contributed by atoms with Crippen molar-refractivity contribution < 1.29 is 9.47 Å². The number of likely N-dealkylation sites (tertiary alicyclic amines) is 1. The Morgan fingerprint density at radius 1 is 1.00 bits per heavy atom. The number of hydrogen-bond acceptors (Lipinski definition) is 4. The first-order valence-corrected chi connectivity index (χ1v) is 7.68. The van der Waals surface area contributed by atoms with Gasteiger partial charge in [0.05, 0.1) is 24.4 Å². The number of piperidine rings is 1. The predicted molar refractivity (Wildman–Crippen MR) is 80.9 cm³/mol. The van der Waals surface area contributed by atoms with Crippen molar-refractivity contribution in [1.82, 2.24) is 9.88 Å². The molecular weight excluding hydrogens is 264 g/mol. The Kier molecular flexibility index (Phi) is 3.37. The highest BCUT2D eigenvalue weighted by atomic mass is 16.7. The van der Waals surface area contributed by atoms with Crippen LogP contribution in [-0.2, 0) is 16.0 Å². The number of para-hydroxylation sites is 1. The molecule has 0 saturated carbocycles. The number of hydrogen-bond donors (Lipinski definition) is 0. The van der Waals surface area contributed by atoms with Gasteiger partial charge in [0.1, 0.15) is 0 Å². The molecule has 0 aliphatic carbocycles. The summed E-state index contributed by atoms with van der Waals surface area (Å²) in [6.45, 7) is 4.41. The van der Waals surface area contributed by atoms with E-state index >= 15 is 0 Å². The van der Waals surface area contributed by atoms with Crippen LogP contribution in [0.25, 0.3) is 10.9 Å². The number of ether oxygens (including phenoxy) is 2. The van der Waals surface area contributed by atoms with Gasteiger partial charge in [-0.05, 0) is 12.1 Å². The topological polar surface area (TPSA) is 34.6 Å². The zero-order valence-electron chi connectivity index (χ0n) is 12.1. The lowest BCUT2D eigenvalue weighted by molar-refractivity contribution is -0.185. The van der Waals surface area contributed by atoms with E-state index in [0.29, 0.717) is 0 Å². The molecule has 0 amide bonds. The van der Waals surface area contributed by atoms with Gasteiger partial charge in [0.25, 0.3) is 0 Å². The van der Waals surface area contributed by atoms with Crippen LogP contribution in [0.5, 0.6) is 0 Å². The minimum absolute atomic E-state index is 0.284. The average molecular weight is 284 g/mol. The number of benzene rings is 1. The van der Waals surface area contributed by atoms with Crippen molar-refractivity contribution in [2.45, 2.75) is 25.2 Å². The first-order valence-electron chi connectivity index (χ1n) is 7.68. The zero-order valence-corrected chi connectivity index (χ0v) is 12.1. The molecule has 1 aromatic carbocycles. The molecule has 1 spiro atoms. The molecule has 2 aliphatic rings. The largest absolute Gasteiger partial charge is 0.347 e. The quantitative estimate of drug-likeness (QED) is 0.849. The van der Waals surface area contributed by atoms with E-state index in [0.717, 1.165) is 56.9 Å². The summed E-state index contributed by atoms with van der Waals surface area (Å²) in [4.78, 5) is 7.19. The third-order valence-corrected chi connectivity index (χ3v) is 4.47. The van der Waals surface area contributed by atoms with Crippen molar-refractivity contribution in [3.63, 3.8) is 0 Å². The van der Waals surface area contributed by atoms with E-state index in [1.165, 1.54) is 5.39 Å². The van der Waals surface area contributed by atoms with Crippen LogP contribution < -0.4 is 0 Å². The van der Waals surface area contributed by atoms with Crippen LogP contribution in [0.2, 0.25) is 0 Å². The Morgan fingerprint density at radius 3 is 2.57 bits per heavy atom. The standard InChI is InChI=1S/C17H20N2O2/c1-2-4-16-14(3-1)5-6-15(18-16)13-19-9-7-17(8-10-19)20-11-12-21-17/h1-6H,7-13H2. The predicted octanol–water partition coefficient (Wildman–Crippen LogP) is 2.57. The van der Waals surface area contributed by atoms with Gasteiger partial charge in [-0.25, -0.2) is 0 Å². The van der Waals surface area contributed by atoms with E-state index in [-0.39, 0.29) is 5.79 Å². The SMILES string of the molecule is c1ccc2nc(CN3CCC4(CC3)OCCO4)ccc2c1. The number of rotatable bonds is 2. The Labute approximate surface area is 124 Å². The highest BCUT2D eigenvalue weighted by Crippen LogP contribution is 2.31. The van der Waals surface area contributed by atoms with Gasteiger partial charge in [-0.3, -0.25) is 9.88 Å². The fourth-order valence-electron chi connectivity index (χ4n) is 3.26. The third-order valence-electron chi connectivity index (χ3n) is 4.47. The lowest BCUT2D eigenvalue weighted by Gasteiger charge is -2.37. The summed E-state index contributed by atoms with van der Waals surface area (Å²) < 4.78 is 11.5. The molecule has 0 radical (unpaired) electrons. The Hall–Kier alpha value is -1.49. The molecule has 2 aliphatic heterocycles. The molecule has 2 aromatic rings. The molecule has 0 N–H and O–H groups in total. The van der Waals surface area contributed by atoms with Gasteiger partial charge in [0.15, 0.2) is 5.79 Å². The third kappa shape index (κ3) is 2.67. The lowest BCUT2D eigenvalue weighted by Crippen LogP contribution is -2.44. The summed E-state index contributed by atoms with van der Waals surface area (Å²) in [7, 11) is 0. The van der Waals surface area contributed by atoms with Crippen LogP contribution in [0.15, 0.2) is 36.4 Å². The molecule has 2 fully saturated rings. The van der Waals surface area contributed by atoms with Crippen LogP contribution in [-0.4, -0.2) is 42.0 Å². The highest BCUT2D eigenvalue weighted by molar-refractivity contribution is 5.78. The number of pyridine rings is 1. The molecule has 4 nitrogen and oxygen atoms in total. The van der Waals surface area contributed by atoms with Crippen molar-refractivity contribution >= 4 is 10.9 Å². The van der Waals surface area contributed by atoms with Crippen LogP contribution in [0.4, 0.5) is 0 Å². The van der Waals surface area contributed by atoms with E-state index in [9.17, 15) is 0 Å². The van der Waals surface area contributed by atoms with Gasteiger partial charge in [-0.2, -0.15) is 0 Å². The second kappa shape index (κ2) is 5.37. The molecule has 4 heteroatoms. The van der Waals surface area contributed by atoms with Crippen molar-refractivity contribution in [3.8, 4) is 0 Å². The number of fused-ring (bicyclic) bond motifs is 1. The summed E-state index contributed by atoms with van der Waals surface area (Å²) in [6.07, 6.45) is 1.92. The maximum Gasteiger partial charge on any atom is 0.170 e. The normalized spacial score (nSPS) is 22.1. The van der Waals surface area contributed by atoms with Gasteiger partial charge in [-0.15, -0.1) is 0 Å². The molecule has 110 valence electrons. The molecule has 1 aromatic heterocycles. The Bertz CT molecular complexity index is 627. The summed E-state index contributed by atoms with van der Waals surface area (Å²) in [5.74, 6) is -0.284. The summed E-state index contributed by atoms with van der Waals surface area (Å²) in [5, 5.41) is 1.20. The molecule has 3 heterocycles. The Balaban J connectivity index is 1.43. The smallest absolute Gasteiger partial charge is 0.170 e. The fraction of sp³-hybridized carbons (Fsp3) is 0.471. The van der Waals surface area contributed by atoms with Crippen molar-refractivity contribution in [1.29, 1.82) is 0 Å². The summed E-state index contributed by atoms with van der Waals surface area (Å²) in [6, 6.07) is 12.6. The minimum Gasteiger partial charge on any atom is -0.347 e. The maximum absolute atomic E-state index is 5.77. The van der Waals surface area contributed by atoms with Crippen LogP contribution in [0.3, 0.4) is 0 Å².